The Hall–Kier alpha value is -4.22. The molecule has 1 N–H and O–H groups in total. The Balaban J connectivity index is 1.90. The smallest absolute Gasteiger partial charge is 0.412 e. The summed E-state index contributed by atoms with van der Waals surface area (Å²) < 4.78 is 10.3. The highest BCUT2D eigenvalue weighted by Crippen LogP contribution is 2.17. The van der Waals surface area contributed by atoms with E-state index in [1.165, 1.54) is 24.3 Å². The van der Waals surface area contributed by atoms with Gasteiger partial charge in [-0.15, -0.1) is 10.1 Å². The first-order chi connectivity index (χ1) is 15.3. The van der Waals surface area contributed by atoms with Gasteiger partial charge < -0.3 is 19.6 Å². The molecule has 32 heavy (non-hydrogen) atoms. The molecule has 0 aliphatic heterocycles. The number of rotatable bonds is 12. The van der Waals surface area contributed by atoms with Gasteiger partial charge in [-0.25, -0.2) is 4.79 Å². The first kappa shape index (κ1) is 24.1. The van der Waals surface area contributed by atoms with Crippen molar-refractivity contribution >= 4 is 17.7 Å². The maximum atomic E-state index is 12.3. The maximum Gasteiger partial charge on any atom is 0.412 e. The van der Waals surface area contributed by atoms with Gasteiger partial charge in [-0.1, -0.05) is 30.3 Å². The Morgan fingerprint density at radius 2 is 1.69 bits per heavy atom. The van der Waals surface area contributed by atoms with Gasteiger partial charge >= 0.3 is 12.1 Å². The molecular formula is C20H21N3O9. The first-order valence-corrected chi connectivity index (χ1v) is 9.53. The molecule has 170 valence electrons. The molecule has 12 nitrogen and oxygen atoms in total. The Bertz CT molecular complexity index is 920. The summed E-state index contributed by atoms with van der Waals surface area (Å²) in [5.74, 6) is -0.491. The fourth-order valence-corrected chi connectivity index (χ4v) is 2.61. The Morgan fingerprint density at radius 1 is 1.00 bits per heavy atom. The molecule has 0 bridgehead atoms. The quantitative estimate of drug-likeness (QED) is 0.223. The number of nitro benzene ring substituents is 1. The molecule has 0 aliphatic carbocycles. The van der Waals surface area contributed by atoms with Crippen LogP contribution in [0.3, 0.4) is 0 Å². The lowest BCUT2D eigenvalue weighted by Gasteiger charge is -2.19. The van der Waals surface area contributed by atoms with E-state index in [1.54, 1.807) is 0 Å². The second-order valence-electron chi connectivity index (χ2n) is 6.51. The summed E-state index contributed by atoms with van der Waals surface area (Å²) in [4.78, 5) is 48.5. The second-order valence-corrected chi connectivity index (χ2v) is 6.51. The van der Waals surface area contributed by atoms with Crippen molar-refractivity contribution in [1.82, 2.24) is 5.32 Å². The van der Waals surface area contributed by atoms with Crippen LogP contribution in [0, 0.1) is 20.2 Å². The van der Waals surface area contributed by atoms with Crippen LogP contribution in [0.15, 0.2) is 54.6 Å². The molecule has 0 aliphatic rings. The van der Waals surface area contributed by atoms with Crippen LogP contribution in [0.1, 0.15) is 18.4 Å². The van der Waals surface area contributed by atoms with E-state index in [0.717, 1.165) is 5.56 Å². The minimum Gasteiger partial charge on any atom is -0.463 e. The molecule has 0 saturated heterocycles. The molecule has 2 aromatic carbocycles. The summed E-state index contributed by atoms with van der Waals surface area (Å²) in [6, 6.07) is 13.5. The predicted molar refractivity (Wildman–Crippen MR) is 109 cm³/mol. The predicted octanol–water partition coefficient (Wildman–Crippen LogP) is 2.83. The van der Waals surface area contributed by atoms with E-state index in [2.05, 4.69) is 10.2 Å². The third-order valence-corrected chi connectivity index (χ3v) is 4.07. The van der Waals surface area contributed by atoms with Gasteiger partial charge in [0.1, 0.15) is 12.4 Å². The van der Waals surface area contributed by atoms with Crippen LogP contribution in [-0.4, -0.2) is 41.3 Å². The van der Waals surface area contributed by atoms with Crippen LogP contribution < -0.4 is 10.1 Å². The number of hydrogen-bond donors (Lipinski definition) is 1. The molecule has 1 amide bonds. The largest absolute Gasteiger partial charge is 0.463 e. The molecule has 0 spiro atoms. The van der Waals surface area contributed by atoms with E-state index in [-0.39, 0.29) is 37.5 Å². The van der Waals surface area contributed by atoms with Crippen molar-refractivity contribution in [2.24, 2.45) is 0 Å². The number of non-ortho nitro benzene ring substituents is 1. The maximum absolute atomic E-state index is 12.3. The lowest BCUT2D eigenvalue weighted by Crippen LogP contribution is -2.41. The van der Waals surface area contributed by atoms with Gasteiger partial charge in [0.2, 0.25) is 0 Å². The second kappa shape index (κ2) is 12.5. The molecule has 12 heteroatoms. The fraction of sp³-hybridized carbons (Fsp3) is 0.300. The lowest BCUT2D eigenvalue weighted by atomic mass is 10.1. The number of esters is 1. The van der Waals surface area contributed by atoms with Gasteiger partial charge in [0, 0.05) is 18.6 Å². The summed E-state index contributed by atoms with van der Waals surface area (Å²) in [6.07, 6.45) is -0.457. The van der Waals surface area contributed by atoms with Gasteiger partial charge in [0.15, 0.2) is 0 Å². The number of carbonyl (C=O) groups excluding carboxylic acids is 2. The van der Waals surface area contributed by atoms with Crippen molar-refractivity contribution in [3.8, 4) is 5.75 Å². The zero-order chi connectivity index (χ0) is 23.3. The van der Waals surface area contributed by atoms with Crippen LogP contribution >= 0.6 is 0 Å². The van der Waals surface area contributed by atoms with Gasteiger partial charge in [-0.3, -0.25) is 14.9 Å². The van der Waals surface area contributed by atoms with Crippen molar-refractivity contribution in [3.05, 3.63) is 80.4 Å². The van der Waals surface area contributed by atoms with E-state index < -0.39 is 28.1 Å². The molecule has 0 saturated carbocycles. The zero-order valence-corrected chi connectivity index (χ0v) is 16.9. The van der Waals surface area contributed by atoms with Crippen molar-refractivity contribution in [2.75, 3.05) is 13.2 Å². The summed E-state index contributed by atoms with van der Waals surface area (Å²) in [5, 5.41) is 22.5. The van der Waals surface area contributed by atoms with Crippen molar-refractivity contribution in [1.29, 1.82) is 0 Å². The Labute approximate surface area is 182 Å². The third-order valence-electron chi connectivity index (χ3n) is 4.07. The Kier molecular flexibility index (Phi) is 9.37. The molecule has 1 atom stereocenters. The summed E-state index contributed by atoms with van der Waals surface area (Å²) >= 11 is 0. The van der Waals surface area contributed by atoms with E-state index in [0.29, 0.717) is 6.42 Å². The normalized spacial score (nSPS) is 11.1. The number of amides is 1. The van der Waals surface area contributed by atoms with Crippen LogP contribution in [0.4, 0.5) is 10.5 Å². The van der Waals surface area contributed by atoms with Crippen molar-refractivity contribution in [2.45, 2.75) is 25.3 Å². The fourth-order valence-electron chi connectivity index (χ4n) is 2.61. The average Bonchev–Trinajstić information content (AvgIpc) is 2.76. The monoisotopic (exact) mass is 447 g/mol. The summed E-state index contributed by atoms with van der Waals surface area (Å²) in [5.41, 5.74) is 0.735. The van der Waals surface area contributed by atoms with Crippen molar-refractivity contribution in [3.63, 3.8) is 0 Å². The number of nitrogens with one attached hydrogen (secondary N) is 1. The minimum absolute atomic E-state index is 0.0842. The molecule has 0 radical (unpaired) electrons. The molecule has 2 rings (SSSR count). The van der Waals surface area contributed by atoms with Crippen LogP contribution in [0.2, 0.25) is 0 Å². The van der Waals surface area contributed by atoms with Gasteiger partial charge in [0.25, 0.3) is 10.8 Å². The zero-order valence-electron chi connectivity index (χ0n) is 16.9. The lowest BCUT2D eigenvalue weighted by molar-refractivity contribution is -0.757. The van der Waals surface area contributed by atoms with Crippen molar-refractivity contribution < 1.29 is 33.9 Å². The third kappa shape index (κ3) is 9.07. The highest BCUT2D eigenvalue weighted by Gasteiger charge is 2.17. The molecule has 0 aromatic heterocycles. The number of ether oxygens (including phenoxy) is 2. The van der Waals surface area contributed by atoms with Gasteiger partial charge in [-0.05, 0) is 30.5 Å². The first-order valence-electron chi connectivity index (χ1n) is 9.53. The van der Waals surface area contributed by atoms with E-state index >= 15 is 0 Å². The molecule has 0 heterocycles. The molecule has 1 unspecified atom stereocenters. The molecular weight excluding hydrogens is 426 g/mol. The van der Waals surface area contributed by atoms with E-state index in [9.17, 15) is 29.8 Å². The van der Waals surface area contributed by atoms with Gasteiger partial charge in [-0.2, -0.15) is 0 Å². The average molecular weight is 447 g/mol. The number of hydrogen-bond acceptors (Lipinski definition) is 9. The summed E-state index contributed by atoms with van der Waals surface area (Å²) in [6.45, 7) is -0.380. The Morgan fingerprint density at radius 3 is 2.31 bits per heavy atom. The highest BCUT2D eigenvalue weighted by molar-refractivity contribution is 5.71. The van der Waals surface area contributed by atoms with Gasteiger partial charge in [0.05, 0.1) is 17.6 Å². The van der Waals surface area contributed by atoms with Crippen LogP contribution in [-0.2, 0) is 20.8 Å². The number of carbonyl (C=O) groups is 2. The van der Waals surface area contributed by atoms with E-state index in [1.807, 2.05) is 30.3 Å². The number of benzene rings is 2. The number of nitrogens with zero attached hydrogens (tertiary/aromatic N) is 2. The molecule has 2 aromatic rings. The number of nitro groups is 1. The SMILES string of the molecule is O=C(CCCO[N+](=O)[O-])OCC(Cc1ccccc1)NC(=O)Oc1ccc([N+](=O)[O-])cc1. The summed E-state index contributed by atoms with van der Waals surface area (Å²) in [7, 11) is 0. The molecule has 0 fully saturated rings. The van der Waals surface area contributed by atoms with Crippen LogP contribution in [0.5, 0.6) is 5.75 Å². The topological polar surface area (TPSA) is 160 Å². The van der Waals surface area contributed by atoms with E-state index in [4.69, 9.17) is 9.47 Å². The highest BCUT2D eigenvalue weighted by atomic mass is 16.9. The minimum atomic E-state index is -0.943. The standard InChI is InChI=1S/C20H21N3O9/c24-19(7-4-12-31-23(28)29)30-14-16(13-15-5-2-1-3-6-15)21-20(25)32-18-10-8-17(9-11-18)22(26)27/h1-3,5-6,8-11,16H,4,7,12-14H2,(H,21,25). The van der Waals surface area contributed by atoms with Crippen LogP contribution in [0.25, 0.3) is 0 Å².